The molecule has 0 radical (unpaired) electrons. The number of ether oxygens (including phenoxy) is 6. The van der Waals surface area contributed by atoms with Crippen LogP contribution >= 0.6 is 0 Å². The Balaban J connectivity index is 1.28. The fraction of sp³-hybridized carbons (Fsp3) is 0.811. The van der Waals surface area contributed by atoms with Crippen LogP contribution in [-0.2, 0) is 52.4 Å². The summed E-state index contributed by atoms with van der Waals surface area (Å²) < 4.78 is 34.0. The van der Waals surface area contributed by atoms with Crippen LogP contribution in [0.5, 0.6) is 0 Å². The van der Waals surface area contributed by atoms with Gasteiger partial charge in [-0.1, -0.05) is 51.0 Å². The summed E-state index contributed by atoms with van der Waals surface area (Å²) in [6, 6.07) is 0. The van der Waals surface area contributed by atoms with Gasteiger partial charge in [-0.2, -0.15) is 0 Å². The molecule has 1 amide bonds. The number of nitrogens with one attached hydrogen (secondary N) is 1. The molecule has 14 heteroatoms. The molecule has 1 heterocycles. The Labute approximate surface area is 401 Å². The zero-order valence-corrected chi connectivity index (χ0v) is 41.3. The number of hydrogen-bond acceptors (Lipinski definition) is 13. The number of likely N-dealkylation sites (tertiary alicyclic amines) is 1. The normalized spacial score (nSPS) is 21.0. The standard InChI is InChI=1S/C53H86N2O12/c1-3-5-7-9-11-21-31-62-46(56)23-15-13-17-25-48(58)64-39-52(42-67-51(61)54-27-30-55-28-19-20-29-55,41-66-50(60)35-43-33-45-34-44-37-53(45,36-43)38-44)40-65-49(59)26-18-14-16-24-47(57)63-32-22-12-10-8-6-4-2/h5-8,43-45H,3-4,9-42H2,1-2H3,(H,54,61)/b7-5-,8-6-. The van der Waals surface area contributed by atoms with Crippen molar-refractivity contribution in [2.24, 2.45) is 28.6 Å². The van der Waals surface area contributed by atoms with E-state index in [-0.39, 0.29) is 82.4 Å². The van der Waals surface area contributed by atoms with Crippen LogP contribution < -0.4 is 5.32 Å². The fourth-order valence-corrected chi connectivity index (χ4v) is 10.4. The highest BCUT2D eigenvalue weighted by Gasteiger charge is 2.61. The van der Waals surface area contributed by atoms with Crippen molar-refractivity contribution in [3.63, 3.8) is 0 Å². The summed E-state index contributed by atoms with van der Waals surface area (Å²) in [5.74, 6) is -0.0839. The minimum atomic E-state index is -1.37. The first-order valence-electron chi connectivity index (χ1n) is 26.2. The van der Waals surface area contributed by atoms with Gasteiger partial charge in [0.25, 0.3) is 0 Å². The van der Waals surface area contributed by atoms with E-state index in [1.165, 1.54) is 19.3 Å². The molecule has 67 heavy (non-hydrogen) atoms. The molecule has 1 spiro atoms. The maximum Gasteiger partial charge on any atom is 0.407 e. The van der Waals surface area contributed by atoms with E-state index in [0.29, 0.717) is 76.2 Å². The molecule has 2 bridgehead atoms. The molecule has 5 aliphatic rings. The lowest BCUT2D eigenvalue weighted by Gasteiger charge is -2.38. The van der Waals surface area contributed by atoms with E-state index in [1.54, 1.807) is 0 Å². The average Bonchev–Trinajstić information content (AvgIpc) is 4.09. The van der Waals surface area contributed by atoms with Crippen molar-refractivity contribution in [2.75, 3.05) is 65.8 Å². The first-order chi connectivity index (χ1) is 32.5. The zero-order chi connectivity index (χ0) is 48.0. The summed E-state index contributed by atoms with van der Waals surface area (Å²) in [7, 11) is 0. The SMILES string of the molecule is CC/C=C\CCCCOC(=O)CCCCCC(=O)OCC(COC(=O)CCCCCC(=O)OCCCC/C=C\CC)(COC(=O)CC1CC2CC3CC2(C1)C3)COC(=O)NCCN1CCCC1. The predicted molar refractivity (Wildman–Crippen MR) is 256 cm³/mol. The average molecular weight is 943 g/mol. The number of carbonyl (C=O) groups excluding carboxylic acids is 6. The lowest BCUT2D eigenvalue weighted by Crippen LogP contribution is -2.45. The van der Waals surface area contributed by atoms with Gasteiger partial charge in [0.15, 0.2) is 0 Å². The first-order valence-corrected chi connectivity index (χ1v) is 26.2. The summed E-state index contributed by atoms with van der Waals surface area (Å²) in [4.78, 5) is 79.6. The van der Waals surface area contributed by atoms with E-state index in [1.807, 2.05) is 0 Å². The number of esters is 5. The number of nitrogens with zero attached hydrogens (tertiary/aromatic N) is 1. The molecule has 5 fully saturated rings. The summed E-state index contributed by atoms with van der Waals surface area (Å²) in [6.07, 6.45) is 27.9. The second kappa shape index (κ2) is 32.0. The maximum atomic E-state index is 13.5. The first kappa shape index (κ1) is 55.7. The van der Waals surface area contributed by atoms with Gasteiger partial charge in [-0.25, -0.2) is 4.79 Å². The molecule has 2 unspecified atom stereocenters. The molecular formula is C53H86N2O12. The number of rotatable bonds is 37. The maximum absolute atomic E-state index is 13.5. The number of allylic oxidation sites excluding steroid dienone is 4. The quantitative estimate of drug-likeness (QED) is 0.0270. The van der Waals surface area contributed by atoms with E-state index >= 15 is 0 Å². The predicted octanol–water partition coefficient (Wildman–Crippen LogP) is 9.90. The van der Waals surface area contributed by atoms with Gasteiger partial charge in [-0.05, 0) is 158 Å². The Hall–Kier alpha value is -3.94. The van der Waals surface area contributed by atoms with E-state index in [0.717, 1.165) is 96.1 Å². The van der Waals surface area contributed by atoms with Crippen molar-refractivity contribution in [3.05, 3.63) is 24.3 Å². The Morgan fingerprint density at radius 1 is 0.567 bits per heavy atom. The van der Waals surface area contributed by atoms with Crippen molar-refractivity contribution in [1.29, 1.82) is 0 Å². The van der Waals surface area contributed by atoms with Crippen molar-refractivity contribution >= 4 is 35.9 Å². The van der Waals surface area contributed by atoms with E-state index in [2.05, 4.69) is 48.4 Å². The van der Waals surface area contributed by atoms with Gasteiger partial charge in [0.2, 0.25) is 0 Å². The smallest absolute Gasteiger partial charge is 0.407 e. The van der Waals surface area contributed by atoms with Crippen molar-refractivity contribution < 1.29 is 57.2 Å². The zero-order valence-electron chi connectivity index (χ0n) is 41.3. The molecule has 5 rings (SSSR count). The third kappa shape index (κ3) is 22.4. The Morgan fingerprint density at radius 3 is 1.57 bits per heavy atom. The summed E-state index contributed by atoms with van der Waals surface area (Å²) in [5.41, 5.74) is -0.966. The number of carbonyl (C=O) groups is 6. The largest absolute Gasteiger partial charge is 0.466 e. The highest BCUT2D eigenvalue weighted by molar-refractivity contribution is 5.71. The van der Waals surface area contributed by atoms with Crippen LogP contribution in [0.1, 0.15) is 181 Å². The molecule has 4 aliphatic carbocycles. The minimum Gasteiger partial charge on any atom is -0.466 e. The number of alkyl carbamates (subject to hydrolysis) is 1. The van der Waals surface area contributed by atoms with Gasteiger partial charge in [0.05, 0.1) is 13.2 Å². The second-order valence-corrected chi connectivity index (χ2v) is 19.9. The van der Waals surface area contributed by atoms with E-state index in [9.17, 15) is 28.8 Å². The molecule has 1 saturated heterocycles. The topological polar surface area (TPSA) is 173 Å². The number of amides is 1. The van der Waals surface area contributed by atoms with Crippen LogP contribution in [0.4, 0.5) is 4.79 Å². The second-order valence-electron chi connectivity index (χ2n) is 19.9. The summed E-state index contributed by atoms with van der Waals surface area (Å²) in [6.45, 7) is 6.79. The summed E-state index contributed by atoms with van der Waals surface area (Å²) >= 11 is 0. The molecule has 2 atom stereocenters. The van der Waals surface area contributed by atoms with Crippen LogP contribution in [0.2, 0.25) is 0 Å². The Morgan fingerprint density at radius 2 is 1.06 bits per heavy atom. The van der Waals surface area contributed by atoms with Crippen LogP contribution in [0.3, 0.4) is 0 Å². The molecule has 0 aromatic heterocycles. The van der Waals surface area contributed by atoms with Crippen LogP contribution in [0.25, 0.3) is 0 Å². The van der Waals surface area contributed by atoms with Gasteiger partial charge >= 0.3 is 35.9 Å². The Bertz CT molecular complexity index is 1490. The number of hydrogen-bond donors (Lipinski definition) is 1. The minimum absolute atomic E-state index is 0.0868. The monoisotopic (exact) mass is 943 g/mol. The third-order valence-corrected chi connectivity index (χ3v) is 14.1. The van der Waals surface area contributed by atoms with Gasteiger partial charge in [-0.3, -0.25) is 24.0 Å². The van der Waals surface area contributed by atoms with E-state index in [4.69, 9.17) is 28.4 Å². The van der Waals surface area contributed by atoms with Crippen LogP contribution in [0.15, 0.2) is 24.3 Å². The molecule has 1 aliphatic heterocycles. The summed E-state index contributed by atoms with van der Waals surface area (Å²) in [5, 5.41) is 2.80. The lowest BCUT2D eigenvalue weighted by atomic mass is 9.67. The molecule has 4 saturated carbocycles. The molecule has 0 aromatic rings. The van der Waals surface area contributed by atoms with Gasteiger partial charge < -0.3 is 38.6 Å². The van der Waals surface area contributed by atoms with Crippen molar-refractivity contribution in [2.45, 2.75) is 181 Å². The van der Waals surface area contributed by atoms with Gasteiger partial charge in [0, 0.05) is 45.2 Å². The third-order valence-electron chi connectivity index (χ3n) is 14.1. The van der Waals surface area contributed by atoms with Crippen molar-refractivity contribution in [1.82, 2.24) is 10.2 Å². The molecule has 0 aromatic carbocycles. The van der Waals surface area contributed by atoms with Crippen LogP contribution in [-0.4, -0.2) is 107 Å². The van der Waals surface area contributed by atoms with Crippen molar-refractivity contribution in [3.8, 4) is 0 Å². The molecule has 380 valence electrons. The number of unbranched alkanes of at least 4 members (excludes halogenated alkanes) is 8. The molecule has 14 nitrogen and oxygen atoms in total. The highest BCUT2D eigenvalue weighted by atomic mass is 16.6. The van der Waals surface area contributed by atoms with Gasteiger partial charge in [-0.15, -0.1) is 0 Å². The highest BCUT2D eigenvalue weighted by Crippen LogP contribution is 2.70. The van der Waals surface area contributed by atoms with E-state index < -0.39 is 23.4 Å². The van der Waals surface area contributed by atoms with Gasteiger partial charge in [0.1, 0.15) is 31.8 Å². The molecule has 1 N–H and O–H groups in total. The van der Waals surface area contributed by atoms with Crippen LogP contribution in [0, 0.1) is 28.6 Å². The fourth-order valence-electron chi connectivity index (χ4n) is 10.4. The molecular weight excluding hydrogens is 857 g/mol. The lowest BCUT2D eigenvalue weighted by molar-refractivity contribution is -0.165. The Kier molecular flexibility index (Phi) is 26.6.